The summed E-state index contributed by atoms with van der Waals surface area (Å²) in [7, 11) is 0. The Morgan fingerprint density at radius 1 is 1.29 bits per heavy atom. The summed E-state index contributed by atoms with van der Waals surface area (Å²) in [4.78, 5) is 34.2. The molecular formula is C13H17NO7. The highest BCUT2D eigenvalue weighted by molar-refractivity contribution is 5.96. The molecule has 116 valence electrons. The summed E-state index contributed by atoms with van der Waals surface area (Å²) in [5, 5.41) is 10.8. The Balaban J connectivity index is 3.12. The topological polar surface area (TPSA) is 109 Å². The normalized spacial score (nSPS) is 12.0. The lowest BCUT2D eigenvalue weighted by molar-refractivity contribution is -0.484. The van der Waals surface area contributed by atoms with E-state index >= 15 is 0 Å². The van der Waals surface area contributed by atoms with Gasteiger partial charge in [0.05, 0.1) is 19.5 Å². The second-order valence-electron chi connectivity index (χ2n) is 4.12. The fourth-order valence-corrected chi connectivity index (χ4v) is 1.91. The van der Waals surface area contributed by atoms with Gasteiger partial charge in [0.2, 0.25) is 6.54 Å². The molecule has 0 aliphatic rings. The Morgan fingerprint density at radius 2 is 1.86 bits per heavy atom. The highest BCUT2D eigenvalue weighted by Crippen LogP contribution is 2.28. The molecule has 0 bridgehead atoms. The minimum absolute atomic E-state index is 0.0536. The summed E-state index contributed by atoms with van der Waals surface area (Å²) >= 11 is 0. The minimum Gasteiger partial charge on any atom is -0.469 e. The van der Waals surface area contributed by atoms with E-state index in [0.29, 0.717) is 0 Å². The number of hydrogen-bond donors (Lipinski definition) is 0. The molecular weight excluding hydrogens is 282 g/mol. The van der Waals surface area contributed by atoms with Crippen LogP contribution in [-0.2, 0) is 19.1 Å². The van der Waals surface area contributed by atoms with Gasteiger partial charge in [0, 0.05) is 4.92 Å². The molecule has 0 aliphatic heterocycles. The van der Waals surface area contributed by atoms with E-state index in [-0.39, 0.29) is 19.0 Å². The van der Waals surface area contributed by atoms with Crippen molar-refractivity contribution in [2.75, 3.05) is 19.8 Å². The first-order valence-corrected chi connectivity index (χ1v) is 6.49. The first kappa shape index (κ1) is 16.7. The van der Waals surface area contributed by atoms with Gasteiger partial charge in [-0.05, 0) is 26.0 Å². The first-order chi connectivity index (χ1) is 10.0. The molecule has 1 aromatic heterocycles. The number of hydrogen-bond acceptors (Lipinski definition) is 7. The average Bonchev–Trinajstić information content (AvgIpc) is 2.91. The van der Waals surface area contributed by atoms with Crippen LogP contribution in [0.25, 0.3) is 0 Å². The molecule has 1 atom stereocenters. The van der Waals surface area contributed by atoms with Crippen LogP contribution in [0.5, 0.6) is 0 Å². The molecule has 0 fully saturated rings. The third-order valence-electron chi connectivity index (χ3n) is 2.74. The number of carbonyl (C=O) groups excluding carboxylic acids is 2. The van der Waals surface area contributed by atoms with Gasteiger partial charge in [-0.3, -0.25) is 19.7 Å². The molecule has 0 saturated heterocycles. The number of nitrogens with zero attached hydrogens (tertiary/aromatic N) is 1. The number of furan rings is 1. The maximum atomic E-state index is 12.0. The van der Waals surface area contributed by atoms with Crippen molar-refractivity contribution in [1.82, 2.24) is 0 Å². The SMILES string of the molecule is CCOC(=O)C(C(=O)OCC)[C@@H](C[N+](=O)[O-])c1ccco1. The van der Waals surface area contributed by atoms with Crippen molar-refractivity contribution in [3.63, 3.8) is 0 Å². The number of ether oxygens (including phenoxy) is 2. The predicted octanol–water partition coefficient (Wildman–Crippen LogP) is 1.38. The average molecular weight is 299 g/mol. The van der Waals surface area contributed by atoms with Crippen LogP contribution in [0.3, 0.4) is 0 Å². The molecule has 0 N–H and O–H groups in total. The molecule has 0 saturated carbocycles. The van der Waals surface area contributed by atoms with Gasteiger partial charge in [-0.2, -0.15) is 0 Å². The summed E-state index contributed by atoms with van der Waals surface area (Å²) in [6.45, 7) is 2.62. The third-order valence-corrected chi connectivity index (χ3v) is 2.74. The zero-order valence-electron chi connectivity index (χ0n) is 11.8. The minimum atomic E-state index is -1.43. The summed E-state index contributed by atoms with van der Waals surface area (Å²) < 4.78 is 14.8. The van der Waals surface area contributed by atoms with Crippen molar-refractivity contribution < 1.29 is 28.4 Å². The van der Waals surface area contributed by atoms with Gasteiger partial charge in [0.25, 0.3) is 0 Å². The standard InChI is InChI=1S/C13H17NO7/c1-3-19-12(15)11(13(16)20-4-2)9(8-14(17)18)10-6-5-7-21-10/h5-7,9,11H,3-4,8H2,1-2H3/t9-/m0/s1. The third kappa shape index (κ3) is 4.59. The molecule has 0 radical (unpaired) electrons. The molecule has 0 spiro atoms. The highest BCUT2D eigenvalue weighted by atomic mass is 16.6. The number of carbonyl (C=O) groups is 2. The van der Waals surface area contributed by atoms with Gasteiger partial charge in [-0.15, -0.1) is 0 Å². The summed E-state index contributed by atoms with van der Waals surface area (Å²) in [5.41, 5.74) is 0. The van der Waals surface area contributed by atoms with Crippen LogP contribution in [0.15, 0.2) is 22.8 Å². The molecule has 8 heteroatoms. The van der Waals surface area contributed by atoms with E-state index in [4.69, 9.17) is 13.9 Å². The number of esters is 2. The van der Waals surface area contributed by atoms with E-state index in [1.807, 2.05) is 0 Å². The van der Waals surface area contributed by atoms with Gasteiger partial charge >= 0.3 is 11.9 Å². The Morgan fingerprint density at radius 3 is 2.24 bits per heavy atom. The van der Waals surface area contributed by atoms with Gasteiger partial charge in [-0.1, -0.05) is 0 Å². The predicted molar refractivity (Wildman–Crippen MR) is 70.1 cm³/mol. The van der Waals surface area contributed by atoms with Gasteiger partial charge < -0.3 is 13.9 Å². The molecule has 0 aromatic carbocycles. The van der Waals surface area contributed by atoms with Crippen molar-refractivity contribution in [3.05, 3.63) is 34.3 Å². The highest BCUT2D eigenvalue weighted by Gasteiger charge is 2.42. The number of nitro groups is 1. The van der Waals surface area contributed by atoms with Crippen LogP contribution in [0.1, 0.15) is 25.5 Å². The largest absolute Gasteiger partial charge is 0.469 e. The second kappa shape index (κ2) is 8.03. The fraction of sp³-hybridized carbons (Fsp3) is 0.538. The smallest absolute Gasteiger partial charge is 0.321 e. The van der Waals surface area contributed by atoms with Gasteiger partial charge in [0.1, 0.15) is 11.7 Å². The van der Waals surface area contributed by atoms with E-state index in [1.54, 1.807) is 13.8 Å². The molecule has 0 amide bonds. The molecule has 0 unspecified atom stereocenters. The quantitative estimate of drug-likeness (QED) is 0.309. The second-order valence-corrected chi connectivity index (χ2v) is 4.12. The lowest BCUT2D eigenvalue weighted by atomic mass is 9.90. The van der Waals surface area contributed by atoms with Crippen molar-refractivity contribution >= 4 is 11.9 Å². The fourth-order valence-electron chi connectivity index (χ4n) is 1.91. The Kier molecular flexibility index (Phi) is 6.38. The molecule has 1 aromatic rings. The Labute approximate surface area is 121 Å². The van der Waals surface area contributed by atoms with Crippen molar-refractivity contribution in [2.24, 2.45) is 5.92 Å². The summed E-state index contributed by atoms with van der Waals surface area (Å²) in [6, 6.07) is 3.00. The van der Waals surface area contributed by atoms with E-state index in [2.05, 4.69) is 0 Å². The lowest BCUT2D eigenvalue weighted by Gasteiger charge is -2.19. The zero-order chi connectivity index (χ0) is 15.8. The van der Waals surface area contributed by atoms with E-state index in [9.17, 15) is 19.7 Å². The van der Waals surface area contributed by atoms with Crippen molar-refractivity contribution in [1.29, 1.82) is 0 Å². The van der Waals surface area contributed by atoms with Crippen LogP contribution in [0.4, 0.5) is 0 Å². The molecule has 1 heterocycles. The van der Waals surface area contributed by atoms with Crippen LogP contribution < -0.4 is 0 Å². The number of rotatable bonds is 8. The summed E-state index contributed by atoms with van der Waals surface area (Å²) in [6.07, 6.45) is 1.32. The van der Waals surface area contributed by atoms with Gasteiger partial charge in [-0.25, -0.2) is 0 Å². The van der Waals surface area contributed by atoms with E-state index in [1.165, 1.54) is 18.4 Å². The first-order valence-electron chi connectivity index (χ1n) is 6.49. The van der Waals surface area contributed by atoms with Gasteiger partial charge in [0.15, 0.2) is 5.92 Å². The zero-order valence-corrected chi connectivity index (χ0v) is 11.8. The van der Waals surface area contributed by atoms with Crippen LogP contribution >= 0.6 is 0 Å². The Bertz CT molecular complexity index is 465. The van der Waals surface area contributed by atoms with Crippen LogP contribution in [0.2, 0.25) is 0 Å². The van der Waals surface area contributed by atoms with Crippen LogP contribution in [0, 0.1) is 16.0 Å². The van der Waals surface area contributed by atoms with Crippen molar-refractivity contribution in [2.45, 2.75) is 19.8 Å². The molecule has 21 heavy (non-hydrogen) atoms. The van der Waals surface area contributed by atoms with Crippen molar-refractivity contribution in [3.8, 4) is 0 Å². The Hall–Kier alpha value is -2.38. The van der Waals surface area contributed by atoms with Crippen LogP contribution in [-0.4, -0.2) is 36.6 Å². The monoisotopic (exact) mass is 299 g/mol. The summed E-state index contributed by atoms with van der Waals surface area (Å²) in [5.74, 6) is -4.06. The van der Waals surface area contributed by atoms with E-state index in [0.717, 1.165) is 0 Å². The lowest BCUT2D eigenvalue weighted by Crippen LogP contribution is -2.36. The van der Waals surface area contributed by atoms with E-state index < -0.39 is 35.2 Å². The maximum Gasteiger partial charge on any atom is 0.321 e. The molecule has 1 rings (SSSR count). The molecule has 8 nitrogen and oxygen atoms in total. The molecule has 0 aliphatic carbocycles. The maximum absolute atomic E-state index is 12.0.